The Labute approximate surface area is 245 Å². The summed E-state index contributed by atoms with van der Waals surface area (Å²) in [5, 5.41) is 4.95. The van der Waals surface area contributed by atoms with Gasteiger partial charge in [-0.1, -0.05) is 103 Å². The summed E-state index contributed by atoms with van der Waals surface area (Å²) < 4.78 is 11.6. The number of rotatable bonds is 6. The molecular weight excluding hydrogens is 516 g/mol. The van der Waals surface area contributed by atoms with Crippen molar-refractivity contribution in [3.8, 4) is 33.9 Å². The Morgan fingerprint density at radius 3 is 1.98 bits per heavy atom. The van der Waals surface area contributed by atoms with Crippen molar-refractivity contribution >= 4 is 22.2 Å². The number of benzene rings is 5. The van der Waals surface area contributed by atoms with Crippen LogP contribution in [-0.4, -0.2) is 19.2 Å². The van der Waals surface area contributed by atoms with Gasteiger partial charge in [-0.3, -0.25) is 0 Å². The zero-order valence-corrected chi connectivity index (χ0v) is 23.5. The van der Waals surface area contributed by atoms with Crippen molar-refractivity contribution in [1.29, 1.82) is 0 Å². The molecule has 42 heavy (non-hydrogen) atoms. The molecule has 4 heteroatoms. The van der Waals surface area contributed by atoms with E-state index in [0.717, 1.165) is 72.7 Å². The number of aromatic nitrogens is 1. The third kappa shape index (κ3) is 4.47. The topological polar surface area (TPSA) is 43.4 Å². The molecule has 0 amide bonds. The van der Waals surface area contributed by atoms with Crippen LogP contribution in [0.3, 0.4) is 0 Å². The summed E-state index contributed by atoms with van der Waals surface area (Å²) in [4.78, 5) is 5.35. The van der Waals surface area contributed by atoms with E-state index < -0.39 is 0 Å². The first-order chi connectivity index (χ1) is 20.7. The molecule has 6 aromatic rings. The fraction of sp³-hybridized carbons (Fsp3) is 0.0789. The van der Waals surface area contributed by atoms with Crippen LogP contribution in [0.15, 0.2) is 133 Å². The Hall–Kier alpha value is -5.35. The molecule has 0 saturated carbocycles. The van der Waals surface area contributed by atoms with E-state index in [4.69, 9.17) is 14.5 Å². The first kappa shape index (κ1) is 25.6. The van der Waals surface area contributed by atoms with Gasteiger partial charge in [-0.25, -0.2) is 4.98 Å². The van der Waals surface area contributed by atoms with Gasteiger partial charge in [0.2, 0.25) is 0 Å². The second-order valence-corrected chi connectivity index (χ2v) is 10.3. The molecular formula is C38H30N2O2. The number of hydrogen-bond donors (Lipinski definition) is 1. The largest absolute Gasteiger partial charge is 0.496 e. The first-order valence-electron chi connectivity index (χ1n) is 14.1. The molecule has 0 spiro atoms. The third-order valence-electron chi connectivity index (χ3n) is 7.93. The molecule has 0 fully saturated rings. The van der Waals surface area contributed by atoms with Crippen LogP contribution in [0, 0.1) is 0 Å². The molecule has 1 aromatic heterocycles. The predicted molar refractivity (Wildman–Crippen MR) is 172 cm³/mol. The van der Waals surface area contributed by atoms with Gasteiger partial charge in [0, 0.05) is 22.1 Å². The van der Waals surface area contributed by atoms with Gasteiger partial charge < -0.3 is 14.8 Å². The number of methoxy groups -OCH3 is 2. The van der Waals surface area contributed by atoms with E-state index in [1.807, 2.05) is 36.4 Å². The third-order valence-corrected chi connectivity index (χ3v) is 7.93. The lowest BCUT2D eigenvalue weighted by Gasteiger charge is -2.29. The van der Waals surface area contributed by atoms with Crippen molar-refractivity contribution in [2.75, 3.05) is 19.5 Å². The van der Waals surface area contributed by atoms with Crippen molar-refractivity contribution in [3.05, 3.63) is 150 Å². The van der Waals surface area contributed by atoms with Crippen LogP contribution in [0.4, 0.5) is 5.69 Å². The number of para-hydroxylation sites is 2. The second-order valence-electron chi connectivity index (χ2n) is 10.3. The van der Waals surface area contributed by atoms with Gasteiger partial charge in [-0.05, 0) is 52.6 Å². The number of fused-ring (bicyclic) bond motifs is 3. The lowest BCUT2D eigenvalue weighted by molar-refractivity contribution is 0.409. The summed E-state index contributed by atoms with van der Waals surface area (Å²) in [7, 11) is 3.43. The Morgan fingerprint density at radius 1 is 0.595 bits per heavy atom. The maximum atomic E-state index is 5.80. The highest BCUT2D eigenvalue weighted by Crippen LogP contribution is 2.46. The number of nitrogens with zero attached hydrogens (tertiary/aromatic N) is 1. The van der Waals surface area contributed by atoms with Gasteiger partial charge in [-0.2, -0.15) is 0 Å². The van der Waals surface area contributed by atoms with Crippen molar-refractivity contribution in [3.63, 3.8) is 0 Å². The molecule has 7 rings (SSSR count). The summed E-state index contributed by atoms with van der Waals surface area (Å²) in [6, 6.07) is 43.8. The fourth-order valence-electron chi connectivity index (χ4n) is 5.93. The minimum absolute atomic E-state index is 0.119. The minimum atomic E-state index is -0.119. The van der Waals surface area contributed by atoms with E-state index in [1.165, 1.54) is 0 Å². The van der Waals surface area contributed by atoms with Crippen molar-refractivity contribution in [1.82, 2.24) is 4.98 Å². The lowest BCUT2D eigenvalue weighted by atomic mass is 9.87. The van der Waals surface area contributed by atoms with Crippen LogP contribution < -0.4 is 14.8 Å². The van der Waals surface area contributed by atoms with Gasteiger partial charge in [0.15, 0.2) is 0 Å². The van der Waals surface area contributed by atoms with Gasteiger partial charge in [-0.15, -0.1) is 0 Å². The average molecular weight is 547 g/mol. The Balaban J connectivity index is 1.53. The maximum absolute atomic E-state index is 5.80. The summed E-state index contributed by atoms with van der Waals surface area (Å²) in [6.45, 7) is 0. The van der Waals surface area contributed by atoms with E-state index in [0.29, 0.717) is 0 Å². The Kier molecular flexibility index (Phi) is 6.65. The monoisotopic (exact) mass is 546 g/mol. The maximum Gasteiger partial charge on any atom is 0.128 e. The second kappa shape index (κ2) is 10.9. The van der Waals surface area contributed by atoms with Crippen molar-refractivity contribution in [2.24, 2.45) is 0 Å². The zero-order chi connectivity index (χ0) is 28.5. The number of hydrogen-bond acceptors (Lipinski definition) is 4. The SMILES string of the molecule is COc1ccccc1-c1cc(-c2ccccc2)c2ccc3c(c2n1)NC(c1ccccc1OC)C=C3c1ccccc1. The van der Waals surface area contributed by atoms with Crippen LogP contribution in [-0.2, 0) is 0 Å². The van der Waals surface area contributed by atoms with Crippen LogP contribution >= 0.6 is 0 Å². The van der Waals surface area contributed by atoms with Crippen LogP contribution in [0.1, 0.15) is 22.7 Å². The van der Waals surface area contributed by atoms with E-state index in [-0.39, 0.29) is 6.04 Å². The molecule has 2 heterocycles. The van der Waals surface area contributed by atoms with Crippen molar-refractivity contribution in [2.45, 2.75) is 6.04 Å². The molecule has 0 radical (unpaired) electrons. The highest BCUT2D eigenvalue weighted by Gasteiger charge is 2.26. The van der Waals surface area contributed by atoms with Crippen LogP contribution in [0.25, 0.3) is 38.9 Å². The Morgan fingerprint density at radius 2 is 1.24 bits per heavy atom. The van der Waals surface area contributed by atoms with Gasteiger partial charge in [0.05, 0.1) is 37.2 Å². The van der Waals surface area contributed by atoms with Gasteiger partial charge in [0.25, 0.3) is 0 Å². The number of anilines is 1. The standard InChI is InChI=1S/C38H30N2O2/c1-41-35-19-11-9-17-29(35)33-23-31(25-13-5-3-6-14-25)27-21-22-28-32(26-15-7-4-8-16-26)24-34(40-38(28)37(27)39-33)30-18-10-12-20-36(30)42-2/h3-24,33,39H,1-2H3. The fourth-order valence-corrected chi connectivity index (χ4v) is 5.93. The normalized spacial score (nSPS) is 14.0. The summed E-state index contributed by atoms with van der Waals surface area (Å²) in [6.07, 6.45) is 2.30. The molecule has 4 nitrogen and oxygen atoms in total. The highest BCUT2D eigenvalue weighted by atomic mass is 16.5. The van der Waals surface area contributed by atoms with Crippen molar-refractivity contribution < 1.29 is 9.47 Å². The number of nitrogens with one attached hydrogen (secondary N) is 1. The summed E-state index contributed by atoms with van der Waals surface area (Å²) in [5.41, 5.74) is 10.5. The van der Waals surface area contributed by atoms with E-state index in [2.05, 4.69) is 102 Å². The van der Waals surface area contributed by atoms with Crippen LogP contribution in [0.2, 0.25) is 0 Å². The van der Waals surface area contributed by atoms with E-state index >= 15 is 0 Å². The molecule has 0 bridgehead atoms. The Bertz CT molecular complexity index is 1930. The number of ether oxygens (including phenoxy) is 2. The quantitative estimate of drug-likeness (QED) is 0.226. The lowest BCUT2D eigenvalue weighted by Crippen LogP contribution is -2.16. The molecule has 204 valence electrons. The predicted octanol–water partition coefficient (Wildman–Crippen LogP) is 9.18. The van der Waals surface area contributed by atoms with Gasteiger partial charge >= 0.3 is 0 Å². The summed E-state index contributed by atoms with van der Waals surface area (Å²) in [5.74, 6) is 1.63. The van der Waals surface area contributed by atoms with Crippen LogP contribution in [0.5, 0.6) is 11.5 Å². The molecule has 1 aliphatic heterocycles. The van der Waals surface area contributed by atoms with E-state index in [1.54, 1.807) is 14.2 Å². The average Bonchev–Trinajstić information content (AvgIpc) is 3.07. The molecule has 1 aliphatic rings. The van der Waals surface area contributed by atoms with Gasteiger partial charge in [0.1, 0.15) is 11.5 Å². The molecule has 1 atom stereocenters. The number of pyridine rings is 1. The molecule has 0 aliphatic carbocycles. The molecule has 5 aromatic carbocycles. The molecule has 0 saturated heterocycles. The smallest absolute Gasteiger partial charge is 0.128 e. The van der Waals surface area contributed by atoms with E-state index in [9.17, 15) is 0 Å². The molecule has 1 unspecified atom stereocenters. The zero-order valence-electron chi connectivity index (χ0n) is 23.5. The highest BCUT2D eigenvalue weighted by molar-refractivity contribution is 6.07. The minimum Gasteiger partial charge on any atom is -0.496 e. The summed E-state index contributed by atoms with van der Waals surface area (Å²) >= 11 is 0. The first-order valence-corrected chi connectivity index (χ1v) is 14.1. The molecule has 1 N–H and O–H groups in total.